The van der Waals surface area contributed by atoms with Crippen molar-refractivity contribution in [3.63, 3.8) is 0 Å². The van der Waals surface area contributed by atoms with Crippen LogP contribution in [-0.4, -0.2) is 42.3 Å². The molecule has 0 saturated carbocycles. The SMILES string of the molecule is COCC(O)CCNC(=O)c1cccc([N+](=O)[O-])c1Br. The van der Waals surface area contributed by atoms with Gasteiger partial charge in [0.1, 0.15) is 4.47 Å². The van der Waals surface area contributed by atoms with Crippen LogP contribution in [0.4, 0.5) is 5.69 Å². The van der Waals surface area contributed by atoms with E-state index in [0.717, 1.165) is 0 Å². The Morgan fingerprint density at radius 2 is 2.30 bits per heavy atom. The summed E-state index contributed by atoms with van der Waals surface area (Å²) in [6.45, 7) is 0.439. The maximum atomic E-state index is 11.9. The molecule has 1 aromatic rings. The van der Waals surface area contributed by atoms with Gasteiger partial charge in [0.15, 0.2) is 0 Å². The molecule has 0 fully saturated rings. The van der Waals surface area contributed by atoms with E-state index in [1.54, 1.807) is 0 Å². The number of methoxy groups -OCH3 is 1. The van der Waals surface area contributed by atoms with E-state index in [0.29, 0.717) is 6.42 Å². The molecule has 0 aromatic heterocycles. The summed E-state index contributed by atoms with van der Waals surface area (Å²) < 4.78 is 4.90. The fourth-order valence-corrected chi connectivity index (χ4v) is 2.15. The summed E-state index contributed by atoms with van der Waals surface area (Å²) in [5.74, 6) is -0.440. The van der Waals surface area contributed by atoms with Gasteiger partial charge in [-0.1, -0.05) is 6.07 Å². The van der Waals surface area contributed by atoms with Crippen LogP contribution in [-0.2, 0) is 4.74 Å². The van der Waals surface area contributed by atoms with E-state index in [9.17, 15) is 20.0 Å². The molecule has 0 spiro atoms. The number of amides is 1. The normalized spacial score (nSPS) is 11.9. The van der Waals surface area contributed by atoms with Crippen molar-refractivity contribution in [2.24, 2.45) is 0 Å². The number of nitro benzene ring substituents is 1. The molecule has 7 nitrogen and oxygen atoms in total. The lowest BCUT2D eigenvalue weighted by Crippen LogP contribution is -2.28. The number of halogens is 1. The van der Waals surface area contributed by atoms with Crippen molar-refractivity contribution < 1.29 is 19.6 Å². The van der Waals surface area contributed by atoms with E-state index in [1.807, 2.05) is 0 Å². The molecule has 0 saturated heterocycles. The molecule has 2 N–H and O–H groups in total. The number of hydrogen-bond acceptors (Lipinski definition) is 5. The van der Waals surface area contributed by atoms with Crippen molar-refractivity contribution in [1.29, 1.82) is 0 Å². The summed E-state index contributed by atoms with van der Waals surface area (Å²) in [5, 5.41) is 22.8. The van der Waals surface area contributed by atoms with Crippen LogP contribution in [0.15, 0.2) is 22.7 Å². The van der Waals surface area contributed by atoms with Gasteiger partial charge in [0.05, 0.1) is 23.2 Å². The summed E-state index contributed by atoms with van der Waals surface area (Å²) in [6, 6.07) is 4.23. The maximum absolute atomic E-state index is 11.9. The second-order valence-corrected chi connectivity index (χ2v) is 4.84. The Morgan fingerprint density at radius 1 is 1.60 bits per heavy atom. The average Bonchev–Trinajstić information content (AvgIpc) is 2.38. The molecule has 1 amide bonds. The first kappa shape index (κ1) is 16.5. The number of carbonyl (C=O) groups is 1. The second-order valence-electron chi connectivity index (χ2n) is 4.05. The molecule has 110 valence electrons. The number of nitro groups is 1. The third kappa shape index (κ3) is 4.55. The number of nitrogens with zero attached hydrogens (tertiary/aromatic N) is 1. The van der Waals surface area contributed by atoms with E-state index < -0.39 is 16.9 Å². The van der Waals surface area contributed by atoms with E-state index in [-0.39, 0.29) is 28.9 Å². The lowest BCUT2D eigenvalue weighted by molar-refractivity contribution is -0.385. The Labute approximate surface area is 124 Å². The molecule has 0 heterocycles. The van der Waals surface area contributed by atoms with Crippen LogP contribution >= 0.6 is 15.9 Å². The molecule has 1 rings (SSSR count). The molecule has 0 aliphatic heterocycles. The van der Waals surface area contributed by atoms with Gasteiger partial charge in [-0.15, -0.1) is 0 Å². The first-order valence-electron chi connectivity index (χ1n) is 5.85. The number of aliphatic hydroxyl groups excluding tert-OH is 1. The van der Waals surface area contributed by atoms with Crippen LogP contribution in [0.5, 0.6) is 0 Å². The Bertz CT molecular complexity index is 495. The van der Waals surface area contributed by atoms with Crippen molar-refractivity contribution >= 4 is 27.5 Å². The van der Waals surface area contributed by atoms with Crippen LogP contribution in [0.3, 0.4) is 0 Å². The zero-order chi connectivity index (χ0) is 15.1. The highest BCUT2D eigenvalue weighted by molar-refractivity contribution is 9.10. The van der Waals surface area contributed by atoms with Crippen LogP contribution in [0, 0.1) is 10.1 Å². The number of ether oxygens (including phenoxy) is 1. The fraction of sp³-hybridized carbons (Fsp3) is 0.417. The topological polar surface area (TPSA) is 102 Å². The van der Waals surface area contributed by atoms with Crippen LogP contribution in [0.25, 0.3) is 0 Å². The minimum absolute atomic E-state index is 0.139. The minimum Gasteiger partial charge on any atom is -0.391 e. The lowest BCUT2D eigenvalue weighted by Gasteiger charge is -2.10. The Kier molecular flexibility index (Phi) is 6.56. The van der Waals surface area contributed by atoms with Crippen LogP contribution < -0.4 is 5.32 Å². The molecule has 0 bridgehead atoms. The van der Waals surface area contributed by atoms with Crippen molar-refractivity contribution in [2.75, 3.05) is 20.3 Å². The van der Waals surface area contributed by atoms with E-state index in [2.05, 4.69) is 21.2 Å². The highest BCUT2D eigenvalue weighted by Crippen LogP contribution is 2.28. The van der Waals surface area contributed by atoms with Crippen molar-refractivity contribution in [1.82, 2.24) is 5.32 Å². The van der Waals surface area contributed by atoms with Gasteiger partial charge < -0.3 is 15.2 Å². The van der Waals surface area contributed by atoms with E-state index in [1.165, 1.54) is 25.3 Å². The number of benzene rings is 1. The first-order chi connectivity index (χ1) is 9.47. The van der Waals surface area contributed by atoms with Gasteiger partial charge in [0.2, 0.25) is 0 Å². The molecule has 0 radical (unpaired) electrons. The van der Waals surface area contributed by atoms with Gasteiger partial charge in [-0.05, 0) is 28.4 Å². The van der Waals surface area contributed by atoms with Gasteiger partial charge in [-0.25, -0.2) is 0 Å². The quantitative estimate of drug-likeness (QED) is 0.575. The third-order valence-corrected chi connectivity index (χ3v) is 3.38. The van der Waals surface area contributed by atoms with Gasteiger partial charge in [0.25, 0.3) is 11.6 Å². The number of hydrogen-bond donors (Lipinski definition) is 2. The molecule has 1 atom stereocenters. The fourth-order valence-electron chi connectivity index (χ4n) is 1.56. The summed E-state index contributed by atoms with van der Waals surface area (Å²) >= 11 is 3.06. The van der Waals surface area contributed by atoms with Crippen LogP contribution in [0.2, 0.25) is 0 Å². The highest BCUT2D eigenvalue weighted by atomic mass is 79.9. The number of rotatable bonds is 7. The van der Waals surface area contributed by atoms with Gasteiger partial charge in [-0.2, -0.15) is 0 Å². The van der Waals surface area contributed by atoms with Gasteiger partial charge in [-0.3, -0.25) is 14.9 Å². The first-order valence-corrected chi connectivity index (χ1v) is 6.64. The molecule has 20 heavy (non-hydrogen) atoms. The molecule has 1 unspecified atom stereocenters. The summed E-state index contributed by atoms with van der Waals surface area (Å²) in [7, 11) is 1.47. The zero-order valence-electron chi connectivity index (χ0n) is 10.8. The Hall–Kier alpha value is -1.51. The molecular formula is C12H15BrN2O5. The Balaban J connectivity index is 2.64. The third-order valence-electron chi connectivity index (χ3n) is 2.54. The minimum atomic E-state index is -0.658. The molecule has 1 aromatic carbocycles. The van der Waals surface area contributed by atoms with Crippen molar-refractivity contribution in [3.8, 4) is 0 Å². The van der Waals surface area contributed by atoms with Crippen LogP contribution in [0.1, 0.15) is 16.8 Å². The number of aliphatic hydroxyl groups is 1. The monoisotopic (exact) mass is 346 g/mol. The second kappa shape index (κ2) is 7.93. The number of carbonyl (C=O) groups excluding carboxylic acids is 1. The summed E-state index contributed by atoms with van der Waals surface area (Å²) in [5.41, 5.74) is 0.0116. The van der Waals surface area contributed by atoms with E-state index >= 15 is 0 Å². The molecule has 8 heteroatoms. The smallest absolute Gasteiger partial charge is 0.284 e. The predicted octanol–water partition coefficient (Wildman–Crippen LogP) is 1.48. The summed E-state index contributed by atoms with van der Waals surface area (Å²) in [4.78, 5) is 22.1. The molecular weight excluding hydrogens is 332 g/mol. The maximum Gasteiger partial charge on any atom is 0.284 e. The number of nitrogens with one attached hydrogen (secondary N) is 1. The largest absolute Gasteiger partial charge is 0.391 e. The van der Waals surface area contributed by atoms with Crippen molar-refractivity contribution in [3.05, 3.63) is 38.3 Å². The van der Waals surface area contributed by atoms with Crippen molar-refractivity contribution in [2.45, 2.75) is 12.5 Å². The van der Waals surface area contributed by atoms with Gasteiger partial charge in [0, 0.05) is 19.7 Å². The molecule has 0 aliphatic rings. The molecule has 0 aliphatic carbocycles. The average molecular weight is 347 g/mol. The zero-order valence-corrected chi connectivity index (χ0v) is 12.4. The van der Waals surface area contributed by atoms with Gasteiger partial charge >= 0.3 is 0 Å². The summed E-state index contributed by atoms with van der Waals surface area (Å²) in [6.07, 6.45) is -0.319. The Morgan fingerprint density at radius 3 is 2.90 bits per heavy atom. The lowest BCUT2D eigenvalue weighted by atomic mass is 10.2. The predicted molar refractivity (Wildman–Crippen MR) is 75.6 cm³/mol. The highest BCUT2D eigenvalue weighted by Gasteiger charge is 2.19. The standard InChI is InChI=1S/C12H15BrN2O5/c1-20-7-8(16)5-6-14-12(17)9-3-2-4-10(11(9)13)15(18)19/h2-4,8,16H,5-7H2,1H3,(H,14,17). The van der Waals surface area contributed by atoms with E-state index in [4.69, 9.17) is 4.74 Å².